The van der Waals surface area contributed by atoms with Crippen molar-refractivity contribution in [1.82, 2.24) is 9.80 Å². The molecule has 0 aromatic rings. The summed E-state index contributed by atoms with van der Waals surface area (Å²) in [6, 6.07) is 0. The average molecular weight is 256 g/mol. The largest absolute Gasteiger partial charge is 0.387 e. The van der Waals surface area contributed by atoms with Crippen molar-refractivity contribution in [3.8, 4) is 0 Å². The van der Waals surface area contributed by atoms with Crippen LogP contribution in [0.3, 0.4) is 0 Å². The molecule has 1 unspecified atom stereocenters. The number of aliphatic hydroxyl groups excluding tert-OH is 1. The molecule has 1 atom stereocenters. The van der Waals surface area contributed by atoms with Crippen LogP contribution in [-0.2, 0) is 9.59 Å². The first kappa shape index (κ1) is 15.0. The van der Waals surface area contributed by atoms with Gasteiger partial charge in [0, 0.05) is 32.6 Å². The smallest absolute Gasteiger partial charge is 0.248 e. The number of nitrogens with zero attached hydrogens (tertiary/aromatic N) is 2. The summed E-state index contributed by atoms with van der Waals surface area (Å²) in [5.74, 6) is 0.811. The van der Waals surface area contributed by atoms with E-state index in [2.05, 4.69) is 20.8 Å². The number of hydrogen-bond acceptors (Lipinski definition) is 3. The number of hydrogen-bond donors (Lipinski definition) is 1. The topological polar surface area (TPSA) is 60.9 Å². The van der Waals surface area contributed by atoms with Crippen molar-refractivity contribution in [2.24, 2.45) is 11.8 Å². The van der Waals surface area contributed by atoms with Gasteiger partial charge in [0.2, 0.25) is 11.8 Å². The van der Waals surface area contributed by atoms with Gasteiger partial charge in [0.15, 0.2) is 0 Å². The third kappa shape index (κ3) is 3.98. The molecular weight excluding hydrogens is 232 g/mol. The predicted octanol–water partition coefficient (Wildman–Crippen LogP) is 0.332. The fraction of sp³-hybridized carbons (Fsp3) is 0.846. The highest BCUT2D eigenvalue weighted by molar-refractivity contribution is 5.79. The number of carbonyl (C=O) groups excluding carboxylic acids is 2. The molecule has 1 fully saturated rings. The SMILES string of the molecule is CC(C)C(C)CC(=O)N1CCN(C(=O)CO)CC1. The van der Waals surface area contributed by atoms with Crippen LogP contribution in [-0.4, -0.2) is 59.5 Å². The van der Waals surface area contributed by atoms with Crippen LogP contribution in [0.1, 0.15) is 27.2 Å². The Morgan fingerprint density at radius 2 is 1.44 bits per heavy atom. The molecule has 1 N–H and O–H groups in total. The third-order valence-electron chi connectivity index (χ3n) is 3.76. The summed E-state index contributed by atoms with van der Waals surface area (Å²) in [7, 11) is 0. The van der Waals surface area contributed by atoms with Crippen LogP contribution in [0.2, 0.25) is 0 Å². The Kier molecular flexibility index (Phi) is 5.59. The van der Waals surface area contributed by atoms with Crippen LogP contribution in [0.15, 0.2) is 0 Å². The molecular formula is C13H24N2O3. The van der Waals surface area contributed by atoms with E-state index in [9.17, 15) is 9.59 Å². The molecule has 1 aliphatic heterocycles. The molecule has 5 nitrogen and oxygen atoms in total. The van der Waals surface area contributed by atoms with Gasteiger partial charge in [-0.25, -0.2) is 0 Å². The van der Waals surface area contributed by atoms with Crippen molar-refractivity contribution in [2.45, 2.75) is 27.2 Å². The van der Waals surface area contributed by atoms with E-state index in [0.29, 0.717) is 44.4 Å². The molecule has 0 spiro atoms. The van der Waals surface area contributed by atoms with E-state index in [4.69, 9.17) is 5.11 Å². The second-order valence-electron chi connectivity index (χ2n) is 5.35. The fourth-order valence-electron chi connectivity index (χ4n) is 1.95. The zero-order chi connectivity index (χ0) is 13.7. The lowest BCUT2D eigenvalue weighted by Crippen LogP contribution is -2.51. The fourth-order valence-corrected chi connectivity index (χ4v) is 1.95. The summed E-state index contributed by atoms with van der Waals surface area (Å²) in [5, 5.41) is 8.77. The van der Waals surface area contributed by atoms with Gasteiger partial charge >= 0.3 is 0 Å². The van der Waals surface area contributed by atoms with E-state index in [1.807, 2.05) is 4.90 Å². The van der Waals surface area contributed by atoms with Crippen molar-refractivity contribution in [2.75, 3.05) is 32.8 Å². The zero-order valence-electron chi connectivity index (χ0n) is 11.6. The van der Waals surface area contributed by atoms with Gasteiger partial charge < -0.3 is 14.9 Å². The van der Waals surface area contributed by atoms with Crippen molar-refractivity contribution in [1.29, 1.82) is 0 Å². The first-order valence-electron chi connectivity index (χ1n) is 6.62. The maximum atomic E-state index is 12.0. The summed E-state index contributed by atoms with van der Waals surface area (Å²) >= 11 is 0. The molecule has 1 saturated heterocycles. The summed E-state index contributed by atoms with van der Waals surface area (Å²) in [6.07, 6.45) is 0.575. The molecule has 0 radical (unpaired) electrons. The molecule has 1 rings (SSSR count). The Labute approximate surface area is 109 Å². The molecule has 0 saturated carbocycles. The normalized spacial score (nSPS) is 18.1. The summed E-state index contributed by atoms with van der Waals surface area (Å²) < 4.78 is 0. The lowest BCUT2D eigenvalue weighted by molar-refractivity contribution is -0.141. The van der Waals surface area contributed by atoms with Crippen LogP contribution in [0.5, 0.6) is 0 Å². The maximum Gasteiger partial charge on any atom is 0.248 e. The quantitative estimate of drug-likeness (QED) is 0.788. The van der Waals surface area contributed by atoms with Crippen LogP contribution in [0.25, 0.3) is 0 Å². The van der Waals surface area contributed by atoms with Crippen molar-refractivity contribution < 1.29 is 14.7 Å². The van der Waals surface area contributed by atoms with E-state index in [1.54, 1.807) is 4.90 Å². The highest BCUT2D eigenvalue weighted by Gasteiger charge is 2.24. The first-order valence-corrected chi connectivity index (χ1v) is 6.62. The lowest BCUT2D eigenvalue weighted by atomic mass is 9.94. The van der Waals surface area contributed by atoms with E-state index >= 15 is 0 Å². The molecule has 0 aromatic carbocycles. The van der Waals surface area contributed by atoms with E-state index in [-0.39, 0.29) is 11.8 Å². The lowest BCUT2D eigenvalue weighted by Gasteiger charge is -2.35. The minimum absolute atomic E-state index is 0.173. The van der Waals surface area contributed by atoms with Gasteiger partial charge in [0.25, 0.3) is 0 Å². The van der Waals surface area contributed by atoms with E-state index in [0.717, 1.165) is 0 Å². The zero-order valence-corrected chi connectivity index (χ0v) is 11.6. The predicted molar refractivity (Wildman–Crippen MR) is 68.9 cm³/mol. The second-order valence-corrected chi connectivity index (χ2v) is 5.35. The van der Waals surface area contributed by atoms with Gasteiger partial charge in [-0.05, 0) is 11.8 Å². The number of carbonyl (C=O) groups is 2. The van der Waals surface area contributed by atoms with Gasteiger partial charge in [0.1, 0.15) is 6.61 Å². The number of aliphatic hydroxyl groups is 1. The van der Waals surface area contributed by atoms with Crippen LogP contribution in [0.4, 0.5) is 0 Å². The second kappa shape index (κ2) is 6.73. The third-order valence-corrected chi connectivity index (χ3v) is 3.76. The van der Waals surface area contributed by atoms with Gasteiger partial charge in [-0.15, -0.1) is 0 Å². The molecule has 104 valence electrons. The maximum absolute atomic E-state index is 12.0. The van der Waals surface area contributed by atoms with E-state index < -0.39 is 6.61 Å². The van der Waals surface area contributed by atoms with Gasteiger partial charge in [-0.1, -0.05) is 20.8 Å². The highest BCUT2D eigenvalue weighted by Crippen LogP contribution is 2.16. The van der Waals surface area contributed by atoms with Crippen LogP contribution < -0.4 is 0 Å². The van der Waals surface area contributed by atoms with Crippen LogP contribution >= 0.6 is 0 Å². The Bertz CT molecular complexity index is 297. The summed E-state index contributed by atoms with van der Waals surface area (Å²) in [6.45, 7) is 8.10. The Morgan fingerprint density at radius 3 is 1.83 bits per heavy atom. The Hall–Kier alpha value is -1.10. The number of piperazine rings is 1. The highest BCUT2D eigenvalue weighted by atomic mass is 16.3. The van der Waals surface area contributed by atoms with E-state index in [1.165, 1.54) is 0 Å². The molecule has 1 heterocycles. The first-order chi connectivity index (χ1) is 8.45. The summed E-state index contributed by atoms with van der Waals surface area (Å²) in [5.41, 5.74) is 0. The Balaban J connectivity index is 2.38. The standard InChI is InChI=1S/C13H24N2O3/c1-10(2)11(3)8-12(17)14-4-6-15(7-5-14)13(18)9-16/h10-11,16H,4-9H2,1-3H3. The Morgan fingerprint density at radius 1 is 1.00 bits per heavy atom. The average Bonchev–Trinajstić information content (AvgIpc) is 2.37. The monoisotopic (exact) mass is 256 g/mol. The number of amides is 2. The van der Waals surface area contributed by atoms with Gasteiger partial charge in [0.05, 0.1) is 0 Å². The number of rotatable bonds is 4. The molecule has 18 heavy (non-hydrogen) atoms. The molecule has 2 amide bonds. The minimum Gasteiger partial charge on any atom is -0.387 e. The van der Waals surface area contributed by atoms with Crippen LogP contribution in [0, 0.1) is 11.8 Å². The summed E-state index contributed by atoms with van der Waals surface area (Å²) in [4.78, 5) is 26.7. The van der Waals surface area contributed by atoms with Gasteiger partial charge in [-0.2, -0.15) is 0 Å². The van der Waals surface area contributed by atoms with Crippen molar-refractivity contribution >= 4 is 11.8 Å². The van der Waals surface area contributed by atoms with Gasteiger partial charge in [-0.3, -0.25) is 9.59 Å². The molecule has 0 aromatic heterocycles. The van der Waals surface area contributed by atoms with Crippen molar-refractivity contribution in [3.63, 3.8) is 0 Å². The molecule has 5 heteroatoms. The molecule has 0 bridgehead atoms. The van der Waals surface area contributed by atoms with Crippen molar-refractivity contribution in [3.05, 3.63) is 0 Å². The molecule has 1 aliphatic rings. The minimum atomic E-state index is -0.446. The molecule has 0 aliphatic carbocycles.